The maximum absolute atomic E-state index is 6.19. The Morgan fingerprint density at radius 3 is 2.52 bits per heavy atom. The summed E-state index contributed by atoms with van der Waals surface area (Å²) in [5, 5.41) is 4.53. The van der Waals surface area contributed by atoms with Crippen LogP contribution in [-0.2, 0) is 0 Å². The van der Waals surface area contributed by atoms with Crippen molar-refractivity contribution in [1.29, 1.82) is 0 Å². The summed E-state index contributed by atoms with van der Waals surface area (Å²) in [5.74, 6) is 0. The predicted octanol–water partition coefficient (Wildman–Crippen LogP) is 4.31. The van der Waals surface area contributed by atoms with Gasteiger partial charge in [-0.1, -0.05) is 30.3 Å². The van der Waals surface area contributed by atoms with Crippen LogP contribution in [0.5, 0.6) is 0 Å². The zero-order chi connectivity index (χ0) is 14.8. The highest BCUT2D eigenvalue weighted by Gasteiger charge is 2.21. The summed E-state index contributed by atoms with van der Waals surface area (Å²) in [7, 11) is 0. The Balaban J connectivity index is 1.96. The fourth-order valence-corrected chi connectivity index (χ4v) is 4.02. The molecule has 1 aromatic carbocycles. The molecule has 0 aliphatic heterocycles. The van der Waals surface area contributed by atoms with Gasteiger partial charge in [0, 0.05) is 22.7 Å². The molecule has 3 aromatic rings. The third-order valence-electron chi connectivity index (χ3n) is 3.38. The highest BCUT2D eigenvalue weighted by molar-refractivity contribution is 9.11. The zero-order valence-electron chi connectivity index (χ0n) is 11.6. The number of aromatic nitrogens is 2. The molecule has 5 heteroatoms. The Bertz CT molecular complexity index is 718. The van der Waals surface area contributed by atoms with Gasteiger partial charge in [-0.15, -0.1) is 11.3 Å². The molecule has 0 aliphatic carbocycles. The number of rotatable bonds is 4. The van der Waals surface area contributed by atoms with Gasteiger partial charge in [-0.25, -0.2) is 0 Å². The Hall–Kier alpha value is -1.43. The molecule has 0 radical (unpaired) electrons. The Labute approximate surface area is 136 Å². The van der Waals surface area contributed by atoms with Crippen molar-refractivity contribution in [3.8, 4) is 11.1 Å². The van der Waals surface area contributed by atoms with Crippen molar-refractivity contribution in [3.63, 3.8) is 0 Å². The first-order valence-electron chi connectivity index (χ1n) is 6.75. The summed E-state index contributed by atoms with van der Waals surface area (Å²) in [6, 6.07) is 14.5. The molecular weight excluding hydrogens is 346 g/mol. The molecule has 2 heterocycles. The lowest BCUT2D eigenvalue weighted by molar-refractivity contribution is 0.460. The number of benzene rings is 1. The van der Waals surface area contributed by atoms with Gasteiger partial charge in [-0.2, -0.15) is 5.10 Å². The first kappa shape index (κ1) is 14.5. The summed E-state index contributed by atoms with van der Waals surface area (Å²) < 4.78 is 3.07. The smallest absolute Gasteiger partial charge is 0.101 e. The van der Waals surface area contributed by atoms with Crippen LogP contribution in [0.1, 0.15) is 17.8 Å². The normalized spacial score (nSPS) is 14.0. The third-order valence-corrected chi connectivity index (χ3v) is 5.07. The second-order valence-corrected chi connectivity index (χ2v) is 7.52. The molecular formula is C16H16BrN3S. The lowest BCUT2D eigenvalue weighted by atomic mass is 10.1. The Morgan fingerprint density at radius 1 is 1.14 bits per heavy atom. The summed E-state index contributed by atoms with van der Waals surface area (Å²) in [5.41, 5.74) is 8.46. The fourth-order valence-electron chi connectivity index (χ4n) is 2.39. The van der Waals surface area contributed by atoms with Gasteiger partial charge >= 0.3 is 0 Å². The molecule has 0 fully saturated rings. The topological polar surface area (TPSA) is 43.8 Å². The third kappa shape index (κ3) is 3.10. The fraction of sp³-hybridized carbons (Fsp3) is 0.188. The Morgan fingerprint density at radius 2 is 1.90 bits per heavy atom. The first-order valence-corrected chi connectivity index (χ1v) is 8.36. The van der Waals surface area contributed by atoms with Gasteiger partial charge in [0.1, 0.15) is 6.04 Å². The molecule has 2 atom stereocenters. The number of nitrogens with two attached hydrogens (primary N) is 1. The van der Waals surface area contributed by atoms with Gasteiger partial charge in [-0.05, 0) is 40.5 Å². The SMILES string of the molecule is CC(N)C(c1ccc(Br)s1)n1cc(-c2ccccc2)cn1. The zero-order valence-corrected chi connectivity index (χ0v) is 14.0. The van der Waals surface area contributed by atoms with Crippen molar-refractivity contribution < 1.29 is 0 Å². The minimum absolute atomic E-state index is 0.0147. The van der Waals surface area contributed by atoms with E-state index in [0.717, 1.165) is 9.35 Å². The number of nitrogens with zero attached hydrogens (tertiary/aromatic N) is 2. The van der Waals surface area contributed by atoms with Crippen LogP contribution < -0.4 is 5.73 Å². The van der Waals surface area contributed by atoms with Gasteiger partial charge in [0.05, 0.1) is 9.98 Å². The minimum atomic E-state index is -0.0147. The minimum Gasteiger partial charge on any atom is -0.326 e. The van der Waals surface area contributed by atoms with Gasteiger partial charge < -0.3 is 5.73 Å². The largest absolute Gasteiger partial charge is 0.326 e. The standard InChI is InChI=1S/C16H16BrN3S/c1-11(18)16(14-7-8-15(17)21-14)20-10-13(9-19-20)12-5-3-2-4-6-12/h2-11,16H,18H2,1H3. The molecule has 3 rings (SSSR count). The van der Waals surface area contributed by atoms with Crippen LogP contribution in [0.15, 0.2) is 58.6 Å². The van der Waals surface area contributed by atoms with Crippen molar-refractivity contribution in [1.82, 2.24) is 9.78 Å². The second-order valence-electron chi connectivity index (χ2n) is 5.02. The summed E-state index contributed by atoms with van der Waals surface area (Å²) in [6.07, 6.45) is 3.96. The monoisotopic (exact) mass is 361 g/mol. The van der Waals surface area contributed by atoms with Gasteiger partial charge in [0.15, 0.2) is 0 Å². The molecule has 3 nitrogen and oxygen atoms in total. The van der Waals surface area contributed by atoms with Gasteiger partial charge in [0.2, 0.25) is 0 Å². The van der Waals surface area contributed by atoms with E-state index in [0.29, 0.717) is 0 Å². The molecule has 0 spiro atoms. The molecule has 0 bridgehead atoms. The molecule has 0 aliphatic rings. The van der Waals surface area contributed by atoms with Gasteiger partial charge in [0.25, 0.3) is 0 Å². The maximum Gasteiger partial charge on any atom is 0.101 e. The molecule has 0 amide bonds. The van der Waals surface area contributed by atoms with E-state index in [9.17, 15) is 0 Å². The predicted molar refractivity (Wildman–Crippen MR) is 91.5 cm³/mol. The molecule has 21 heavy (non-hydrogen) atoms. The lowest BCUT2D eigenvalue weighted by Crippen LogP contribution is -2.29. The molecule has 2 aromatic heterocycles. The van der Waals surface area contributed by atoms with Crippen LogP contribution in [0.2, 0.25) is 0 Å². The van der Waals surface area contributed by atoms with E-state index in [1.807, 2.05) is 36.0 Å². The highest BCUT2D eigenvalue weighted by Crippen LogP contribution is 2.31. The Kier molecular flexibility index (Phi) is 4.24. The van der Waals surface area contributed by atoms with Crippen molar-refractivity contribution >= 4 is 27.3 Å². The number of hydrogen-bond acceptors (Lipinski definition) is 3. The van der Waals surface area contributed by atoms with Crippen LogP contribution >= 0.6 is 27.3 Å². The van der Waals surface area contributed by atoms with Crippen molar-refractivity contribution in [2.45, 2.75) is 19.0 Å². The average molecular weight is 362 g/mol. The van der Waals surface area contributed by atoms with Crippen LogP contribution in [-0.4, -0.2) is 15.8 Å². The van der Waals surface area contributed by atoms with E-state index in [1.54, 1.807) is 11.3 Å². The first-order chi connectivity index (χ1) is 10.1. The van der Waals surface area contributed by atoms with Crippen LogP contribution in [0.25, 0.3) is 11.1 Å². The molecule has 2 unspecified atom stereocenters. The number of halogens is 1. The van der Waals surface area contributed by atoms with E-state index in [2.05, 4.69) is 51.5 Å². The van der Waals surface area contributed by atoms with E-state index in [1.165, 1.54) is 10.4 Å². The quantitative estimate of drug-likeness (QED) is 0.752. The maximum atomic E-state index is 6.19. The van der Waals surface area contributed by atoms with Crippen LogP contribution in [0, 0.1) is 0 Å². The van der Waals surface area contributed by atoms with Crippen molar-refractivity contribution in [2.75, 3.05) is 0 Å². The van der Waals surface area contributed by atoms with E-state index in [4.69, 9.17) is 5.73 Å². The summed E-state index contributed by atoms with van der Waals surface area (Å²) >= 11 is 5.21. The second kappa shape index (κ2) is 6.13. The van der Waals surface area contributed by atoms with E-state index >= 15 is 0 Å². The number of thiophene rings is 1. The van der Waals surface area contributed by atoms with Crippen LogP contribution in [0.4, 0.5) is 0 Å². The van der Waals surface area contributed by atoms with Crippen molar-refractivity contribution in [2.24, 2.45) is 5.73 Å². The van der Waals surface area contributed by atoms with E-state index in [-0.39, 0.29) is 12.1 Å². The van der Waals surface area contributed by atoms with Crippen molar-refractivity contribution in [3.05, 3.63) is 63.5 Å². The molecule has 108 valence electrons. The van der Waals surface area contributed by atoms with E-state index < -0.39 is 0 Å². The lowest BCUT2D eigenvalue weighted by Gasteiger charge is -2.20. The molecule has 2 N–H and O–H groups in total. The average Bonchev–Trinajstić information content (AvgIpc) is 3.10. The van der Waals surface area contributed by atoms with Crippen LogP contribution in [0.3, 0.4) is 0 Å². The number of hydrogen-bond donors (Lipinski definition) is 1. The summed E-state index contributed by atoms with van der Waals surface area (Å²) in [4.78, 5) is 1.21. The van der Waals surface area contributed by atoms with Gasteiger partial charge in [-0.3, -0.25) is 4.68 Å². The highest BCUT2D eigenvalue weighted by atomic mass is 79.9. The summed E-state index contributed by atoms with van der Waals surface area (Å²) in [6.45, 7) is 2.02. The molecule has 0 saturated carbocycles. The molecule has 0 saturated heterocycles.